The molecule has 0 aliphatic heterocycles. The van der Waals surface area contributed by atoms with Gasteiger partial charge in [0.1, 0.15) is 5.82 Å². The molecule has 1 atom stereocenters. The van der Waals surface area contributed by atoms with Gasteiger partial charge in [-0.25, -0.2) is 17.9 Å². The molecule has 1 unspecified atom stereocenters. The number of sulfonamides is 1. The summed E-state index contributed by atoms with van der Waals surface area (Å²) in [5, 5.41) is 7.31. The van der Waals surface area contributed by atoms with E-state index in [1.165, 1.54) is 0 Å². The van der Waals surface area contributed by atoms with Gasteiger partial charge in [0.15, 0.2) is 0 Å². The van der Waals surface area contributed by atoms with Gasteiger partial charge in [-0.15, -0.1) is 0 Å². The van der Waals surface area contributed by atoms with Crippen molar-refractivity contribution in [3.63, 3.8) is 0 Å². The predicted octanol–water partition coefficient (Wildman–Crippen LogP) is -0.0285. The number of benzene rings is 1. The molecule has 0 saturated carbocycles. The first-order valence-corrected chi connectivity index (χ1v) is 8.89. The van der Waals surface area contributed by atoms with Gasteiger partial charge in [0.2, 0.25) is 10.0 Å². The normalized spacial score (nSPS) is 12.9. The number of nitrogens with one attached hydrogen (secondary N) is 1. The van der Waals surface area contributed by atoms with Gasteiger partial charge >= 0.3 is 0 Å². The molecule has 0 saturated heterocycles. The third kappa shape index (κ3) is 4.99. The van der Waals surface area contributed by atoms with E-state index in [9.17, 15) is 21.8 Å². The highest BCUT2D eigenvalue weighted by molar-refractivity contribution is 7.89. The number of carbonyl (C=O) groups is 1. The van der Waals surface area contributed by atoms with E-state index in [0.29, 0.717) is 18.2 Å². The fourth-order valence-corrected chi connectivity index (χ4v) is 2.51. The monoisotopic (exact) mass is 322 g/mol. The lowest BCUT2D eigenvalue weighted by Crippen LogP contribution is -2.26. The van der Waals surface area contributed by atoms with Crippen LogP contribution in [0.5, 0.6) is 0 Å². The van der Waals surface area contributed by atoms with E-state index >= 15 is 0 Å². The maximum absolute atomic E-state index is 13.6. The zero-order valence-corrected chi connectivity index (χ0v) is 12.4. The van der Waals surface area contributed by atoms with Crippen LogP contribution in [0.1, 0.15) is 16.8 Å². The topological polar surface area (TPSA) is 106 Å². The number of rotatable bonds is 6. The number of carbonyl (C=O) groups excluding carboxylic acids is 1. The molecule has 9 heteroatoms. The molecular formula is C11H15FN2O4S2. The maximum Gasteiger partial charge on any atom is 0.254 e. The molecular weight excluding hydrogens is 307 g/mol. The lowest BCUT2D eigenvalue weighted by molar-refractivity contribution is 0.0949. The van der Waals surface area contributed by atoms with E-state index in [4.69, 9.17) is 5.14 Å². The Labute approximate surface area is 119 Å². The highest BCUT2D eigenvalue weighted by Crippen LogP contribution is 2.13. The minimum atomic E-state index is -4.00. The van der Waals surface area contributed by atoms with Crippen molar-refractivity contribution in [1.82, 2.24) is 5.32 Å². The maximum atomic E-state index is 13.6. The third-order valence-electron chi connectivity index (χ3n) is 2.41. The van der Waals surface area contributed by atoms with Crippen LogP contribution >= 0.6 is 0 Å². The van der Waals surface area contributed by atoms with Crippen molar-refractivity contribution in [1.29, 1.82) is 0 Å². The Morgan fingerprint density at radius 2 is 2.10 bits per heavy atom. The van der Waals surface area contributed by atoms with Crippen LogP contribution < -0.4 is 10.5 Å². The van der Waals surface area contributed by atoms with Gasteiger partial charge in [-0.2, -0.15) is 0 Å². The van der Waals surface area contributed by atoms with E-state index in [-0.39, 0.29) is 12.1 Å². The summed E-state index contributed by atoms with van der Waals surface area (Å²) in [7, 11) is -4.95. The molecule has 20 heavy (non-hydrogen) atoms. The van der Waals surface area contributed by atoms with Crippen molar-refractivity contribution in [3.05, 3.63) is 29.6 Å². The molecule has 3 N–H and O–H groups in total. The van der Waals surface area contributed by atoms with Gasteiger partial charge in [-0.3, -0.25) is 9.00 Å². The van der Waals surface area contributed by atoms with E-state index in [1.54, 1.807) is 6.26 Å². The molecule has 0 aromatic heterocycles. The Kier molecular flexibility index (Phi) is 5.78. The van der Waals surface area contributed by atoms with Gasteiger partial charge in [0.25, 0.3) is 5.91 Å². The lowest BCUT2D eigenvalue weighted by atomic mass is 10.2. The van der Waals surface area contributed by atoms with Gasteiger partial charge in [0, 0.05) is 29.4 Å². The molecule has 6 nitrogen and oxygen atoms in total. The molecule has 1 aromatic rings. The second kappa shape index (κ2) is 6.91. The van der Waals surface area contributed by atoms with Crippen LogP contribution in [-0.2, 0) is 20.8 Å². The summed E-state index contributed by atoms with van der Waals surface area (Å²) in [5.74, 6) is -1.19. The molecule has 1 aromatic carbocycles. The molecule has 0 aliphatic carbocycles. The van der Waals surface area contributed by atoms with Crippen molar-refractivity contribution in [2.24, 2.45) is 5.14 Å². The number of nitrogens with two attached hydrogens (primary N) is 1. The molecule has 1 rings (SSSR count). The summed E-state index contributed by atoms with van der Waals surface area (Å²) in [6.45, 7) is 0.259. The van der Waals surface area contributed by atoms with Crippen LogP contribution in [0.3, 0.4) is 0 Å². The zero-order chi connectivity index (χ0) is 15.3. The number of halogens is 1. The second-order valence-electron chi connectivity index (χ2n) is 4.07. The van der Waals surface area contributed by atoms with Crippen LogP contribution in [0.25, 0.3) is 0 Å². The minimum Gasteiger partial charge on any atom is -0.352 e. The van der Waals surface area contributed by atoms with Gasteiger partial charge < -0.3 is 5.32 Å². The van der Waals surface area contributed by atoms with Gasteiger partial charge in [-0.05, 0) is 24.6 Å². The lowest BCUT2D eigenvalue weighted by Gasteiger charge is -2.06. The molecule has 0 spiro atoms. The Hall–Kier alpha value is -1.32. The Morgan fingerprint density at radius 3 is 2.60 bits per heavy atom. The zero-order valence-electron chi connectivity index (χ0n) is 10.8. The first-order chi connectivity index (χ1) is 9.21. The smallest absolute Gasteiger partial charge is 0.254 e. The first-order valence-electron chi connectivity index (χ1n) is 5.62. The average molecular weight is 322 g/mol. The van der Waals surface area contributed by atoms with Gasteiger partial charge in [-0.1, -0.05) is 0 Å². The highest BCUT2D eigenvalue weighted by Gasteiger charge is 2.15. The highest BCUT2D eigenvalue weighted by atomic mass is 32.2. The molecule has 0 bridgehead atoms. The van der Waals surface area contributed by atoms with E-state index in [1.807, 2.05) is 0 Å². The van der Waals surface area contributed by atoms with E-state index in [0.717, 1.165) is 12.1 Å². The largest absolute Gasteiger partial charge is 0.352 e. The Morgan fingerprint density at radius 1 is 1.45 bits per heavy atom. The van der Waals surface area contributed by atoms with Crippen molar-refractivity contribution in [2.45, 2.75) is 11.3 Å². The van der Waals surface area contributed by atoms with E-state index < -0.39 is 37.4 Å². The summed E-state index contributed by atoms with van der Waals surface area (Å²) in [6.07, 6.45) is 2.05. The van der Waals surface area contributed by atoms with Crippen molar-refractivity contribution < 1.29 is 21.8 Å². The quantitative estimate of drug-likeness (QED) is 0.717. The summed E-state index contributed by atoms with van der Waals surface area (Å²) < 4.78 is 46.5. The van der Waals surface area contributed by atoms with Crippen LogP contribution in [0.2, 0.25) is 0 Å². The molecule has 0 fully saturated rings. The third-order valence-corrected chi connectivity index (χ3v) is 4.18. The fraction of sp³-hybridized carbons (Fsp3) is 0.364. The van der Waals surface area contributed by atoms with Crippen LogP contribution in [0.4, 0.5) is 4.39 Å². The SMILES string of the molecule is CS(=O)CCCNC(=O)c1ccc(S(N)(=O)=O)cc1F. The number of amides is 1. The molecule has 0 heterocycles. The summed E-state index contributed by atoms with van der Waals surface area (Å²) in [4.78, 5) is 11.3. The van der Waals surface area contributed by atoms with Crippen LogP contribution in [0, 0.1) is 5.82 Å². The van der Waals surface area contributed by atoms with Crippen molar-refractivity contribution in [2.75, 3.05) is 18.6 Å². The molecule has 0 aliphatic rings. The number of primary sulfonamides is 1. The minimum absolute atomic E-state index is 0.259. The van der Waals surface area contributed by atoms with Crippen LogP contribution in [0.15, 0.2) is 23.1 Å². The van der Waals surface area contributed by atoms with Crippen molar-refractivity contribution >= 4 is 26.7 Å². The molecule has 1 amide bonds. The number of hydrogen-bond acceptors (Lipinski definition) is 4. The standard InChI is InChI=1S/C11H15FN2O4S2/c1-19(16)6-2-5-14-11(15)9-4-3-8(7-10(9)12)20(13,17)18/h3-4,7H,2,5-6H2,1H3,(H,14,15)(H2,13,17,18). The van der Waals surface area contributed by atoms with Gasteiger partial charge in [0.05, 0.1) is 10.5 Å². The summed E-state index contributed by atoms with van der Waals surface area (Å²) >= 11 is 0. The Bertz CT molecular complexity index is 631. The fourth-order valence-electron chi connectivity index (χ4n) is 1.43. The molecule has 0 radical (unpaired) electrons. The summed E-state index contributed by atoms with van der Waals surface area (Å²) in [5.41, 5.74) is -0.268. The second-order valence-corrected chi connectivity index (χ2v) is 7.19. The molecule has 112 valence electrons. The van der Waals surface area contributed by atoms with E-state index in [2.05, 4.69) is 5.32 Å². The first kappa shape index (κ1) is 16.7. The summed E-state index contributed by atoms with van der Waals surface area (Å²) in [6, 6.07) is 2.82. The Balaban J connectivity index is 2.72. The number of hydrogen-bond donors (Lipinski definition) is 2. The van der Waals surface area contributed by atoms with Crippen LogP contribution in [-0.4, -0.2) is 37.1 Å². The van der Waals surface area contributed by atoms with Crippen molar-refractivity contribution in [3.8, 4) is 0 Å². The average Bonchev–Trinajstić information content (AvgIpc) is 2.32. The predicted molar refractivity (Wildman–Crippen MR) is 73.7 cm³/mol.